The standard InChI is InChI=1S/C16H13N3OS/c20-15(18-11-12-4-3-9-17-10-12)7-8-16-19-13-5-1-2-6-14(13)21-16/h1-10H,11H2,(H,18,20)/b8-7+. The van der Waals surface area contributed by atoms with Crippen molar-refractivity contribution in [3.05, 3.63) is 65.4 Å². The predicted molar refractivity (Wildman–Crippen MR) is 84.7 cm³/mol. The fraction of sp³-hybridized carbons (Fsp3) is 0.0625. The van der Waals surface area contributed by atoms with Crippen molar-refractivity contribution in [2.75, 3.05) is 0 Å². The first-order valence-electron chi connectivity index (χ1n) is 6.52. The van der Waals surface area contributed by atoms with Crippen LogP contribution in [0.2, 0.25) is 0 Å². The van der Waals surface area contributed by atoms with E-state index >= 15 is 0 Å². The second-order valence-corrected chi connectivity index (χ2v) is 5.49. The molecule has 0 saturated carbocycles. The number of hydrogen-bond donors (Lipinski definition) is 1. The van der Waals surface area contributed by atoms with E-state index in [1.54, 1.807) is 29.8 Å². The van der Waals surface area contributed by atoms with Gasteiger partial charge in [0.25, 0.3) is 0 Å². The number of carbonyl (C=O) groups is 1. The van der Waals surface area contributed by atoms with Gasteiger partial charge in [-0.2, -0.15) is 0 Å². The van der Waals surface area contributed by atoms with E-state index in [4.69, 9.17) is 0 Å². The summed E-state index contributed by atoms with van der Waals surface area (Å²) in [6.07, 6.45) is 6.69. The van der Waals surface area contributed by atoms with Gasteiger partial charge in [-0.05, 0) is 29.8 Å². The molecule has 0 aliphatic heterocycles. The van der Waals surface area contributed by atoms with Crippen LogP contribution >= 0.6 is 11.3 Å². The van der Waals surface area contributed by atoms with Gasteiger partial charge in [-0.25, -0.2) is 4.98 Å². The van der Waals surface area contributed by atoms with Gasteiger partial charge < -0.3 is 5.32 Å². The van der Waals surface area contributed by atoms with Gasteiger partial charge in [-0.3, -0.25) is 9.78 Å². The highest BCUT2D eigenvalue weighted by atomic mass is 32.1. The van der Waals surface area contributed by atoms with E-state index < -0.39 is 0 Å². The fourth-order valence-corrected chi connectivity index (χ4v) is 2.73. The Labute approximate surface area is 126 Å². The van der Waals surface area contributed by atoms with Crippen molar-refractivity contribution in [3.63, 3.8) is 0 Å². The van der Waals surface area contributed by atoms with Crippen molar-refractivity contribution in [1.82, 2.24) is 15.3 Å². The molecule has 21 heavy (non-hydrogen) atoms. The lowest BCUT2D eigenvalue weighted by Gasteiger charge is -2.00. The average molecular weight is 295 g/mol. The Balaban J connectivity index is 1.61. The summed E-state index contributed by atoms with van der Waals surface area (Å²) < 4.78 is 1.12. The second kappa shape index (κ2) is 6.28. The lowest BCUT2D eigenvalue weighted by molar-refractivity contribution is -0.116. The summed E-state index contributed by atoms with van der Waals surface area (Å²) in [7, 11) is 0. The number of nitrogens with one attached hydrogen (secondary N) is 1. The molecule has 0 atom stereocenters. The first-order valence-corrected chi connectivity index (χ1v) is 7.33. The zero-order chi connectivity index (χ0) is 14.5. The van der Waals surface area contributed by atoms with Gasteiger partial charge in [-0.15, -0.1) is 11.3 Å². The molecule has 0 aliphatic carbocycles. The third-order valence-electron chi connectivity index (χ3n) is 2.88. The van der Waals surface area contributed by atoms with Gasteiger partial charge in [0.05, 0.1) is 10.2 Å². The zero-order valence-corrected chi connectivity index (χ0v) is 12.0. The molecule has 1 aromatic carbocycles. The number of pyridine rings is 1. The second-order valence-electron chi connectivity index (χ2n) is 4.43. The number of thiazole rings is 1. The lowest BCUT2D eigenvalue weighted by atomic mass is 10.3. The van der Waals surface area contributed by atoms with Crippen LogP contribution in [0.1, 0.15) is 10.6 Å². The minimum atomic E-state index is -0.141. The zero-order valence-electron chi connectivity index (χ0n) is 11.2. The van der Waals surface area contributed by atoms with Gasteiger partial charge >= 0.3 is 0 Å². The smallest absolute Gasteiger partial charge is 0.244 e. The first-order chi connectivity index (χ1) is 10.3. The summed E-state index contributed by atoms with van der Waals surface area (Å²) in [5.41, 5.74) is 1.93. The highest BCUT2D eigenvalue weighted by molar-refractivity contribution is 7.19. The molecule has 5 heteroatoms. The summed E-state index contributed by atoms with van der Waals surface area (Å²) in [5.74, 6) is -0.141. The Morgan fingerprint density at radius 3 is 2.95 bits per heavy atom. The molecule has 3 rings (SSSR count). The normalized spacial score (nSPS) is 11.0. The predicted octanol–water partition coefficient (Wildman–Crippen LogP) is 3.02. The molecule has 0 fully saturated rings. The van der Waals surface area contributed by atoms with Crippen molar-refractivity contribution >= 4 is 33.5 Å². The van der Waals surface area contributed by atoms with Crippen LogP contribution in [0.3, 0.4) is 0 Å². The Morgan fingerprint density at radius 2 is 2.14 bits per heavy atom. The van der Waals surface area contributed by atoms with E-state index in [0.29, 0.717) is 6.54 Å². The quantitative estimate of drug-likeness (QED) is 0.753. The third-order valence-corrected chi connectivity index (χ3v) is 3.88. The molecule has 0 saturated heterocycles. The Morgan fingerprint density at radius 1 is 1.24 bits per heavy atom. The van der Waals surface area contributed by atoms with Crippen LogP contribution in [0.5, 0.6) is 0 Å². The van der Waals surface area contributed by atoms with Crippen molar-refractivity contribution in [2.24, 2.45) is 0 Å². The van der Waals surface area contributed by atoms with Crippen LogP contribution < -0.4 is 5.32 Å². The van der Waals surface area contributed by atoms with Crippen molar-refractivity contribution < 1.29 is 4.79 Å². The largest absolute Gasteiger partial charge is 0.348 e. The topological polar surface area (TPSA) is 54.9 Å². The number of carbonyl (C=O) groups excluding carboxylic acids is 1. The third kappa shape index (κ3) is 3.52. The molecule has 2 heterocycles. The van der Waals surface area contributed by atoms with Crippen LogP contribution in [-0.4, -0.2) is 15.9 Å². The molecular formula is C16H13N3OS. The molecule has 4 nitrogen and oxygen atoms in total. The number of rotatable bonds is 4. The number of benzene rings is 1. The van der Waals surface area contributed by atoms with E-state index in [9.17, 15) is 4.79 Å². The lowest BCUT2D eigenvalue weighted by Crippen LogP contribution is -2.20. The van der Waals surface area contributed by atoms with Gasteiger partial charge in [0.15, 0.2) is 0 Å². The van der Waals surface area contributed by atoms with E-state index in [0.717, 1.165) is 20.8 Å². The molecule has 0 radical (unpaired) electrons. The number of hydrogen-bond acceptors (Lipinski definition) is 4. The summed E-state index contributed by atoms with van der Waals surface area (Å²) in [6.45, 7) is 0.469. The molecule has 0 aliphatic rings. The fourth-order valence-electron chi connectivity index (χ4n) is 1.86. The maximum Gasteiger partial charge on any atom is 0.244 e. The van der Waals surface area contributed by atoms with E-state index in [1.165, 1.54) is 6.08 Å². The number of nitrogens with zero attached hydrogens (tertiary/aromatic N) is 2. The maximum atomic E-state index is 11.8. The Hall–Kier alpha value is -2.53. The summed E-state index contributed by atoms with van der Waals surface area (Å²) >= 11 is 1.57. The van der Waals surface area contributed by atoms with Crippen molar-refractivity contribution in [3.8, 4) is 0 Å². The average Bonchev–Trinajstić information content (AvgIpc) is 2.95. The van der Waals surface area contributed by atoms with E-state index in [2.05, 4.69) is 15.3 Å². The summed E-state index contributed by atoms with van der Waals surface area (Å²) in [5, 5.41) is 3.64. The molecule has 1 amide bonds. The molecular weight excluding hydrogens is 282 g/mol. The van der Waals surface area contributed by atoms with E-state index in [1.807, 2.05) is 36.4 Å². The van der Waals surface area contributed by atoms with Crippen LogP contribution in [0.15, 0.2) is 54.9 Å². The summed E-state index contributed by atoms with van der Waals surface area (Å²) in [6, 6.07) is 11.7. The molecule has 0 unspecified atom stereocenters. The number of aromatic nitrogens is 2. The van der Waals surface area contributed by atoms with Gasteiger partial charge in [-0.1, -0.05) is 18.2 Å². The van der Waals surface area contributed by atoms with Gasteiger partial charge in [0.2, 0.25) is 5.91 Å². The minimum absolute atomic E-state index is 0.141. The van der Waals surface area contributed by atoms with E-state index in [-0.39, 0.29) is 5.91 Å². The van der Waals surface area contributed by atoms with Crippen LogP contribution in [-0.2, 0) is 11.3 Å². The number of fused-ring (bicyclic) bond motifs is 1. The molecule has 2 aromatic heterocycles. The summed E-state index contributed by atoms with van der Waals surface area (Å²) in [4.78, 5) is 20.2. The Bertz CT molecular complexity index is 747. The number of para-hydroxylation sites is 1. The minimum Gasteiger partial charge on any atom is -0.348 e. The van der Waals surface area contributed by atoms with Gasteiger partial charge in [0, 0.05) is 25.0 Å². The molecule has 104 valence electrons. The highest BCUT2D eigenvalue weighted by Gasteiger charge is 2.01. The van der Waals surface area contributed by atoms with Gasteiger partial charge in [0.1, 0.15) is 5.01 Å². The number of amides is 1. The Kier molecular flexibility index (Phi) is 4.02. The molecule has 0 bridgehead atoms. The maximum absolute atomic E-state index is 11.8. The SMILES string of the molecule is O=C(/C=C/c1nc2ccccc2s1)NCc1cccnc1. The van der Waals surface area contributed by atoms with Crippen LogP contribution in [0.25, 0.3) is 16.3 Å². The van der Waals surface area contributed by atoms with Crippen molar-refractivity contribution in [1.29, 1.82) is 0 Å². The van der Waals surface area contributed by atoms with Crippen molar-refractivity contribution in [2.45, 2.75) is 6.54 Å². The van der Waals surface area contributed by atoms with Crippen LogP contribution in [0, 0.1) is 0 Å². The molecule has 1 N–H and O–H groups in total. The molecule has 3 aromatic rings. The monoisotopic (exact) mass is 295 g/mol. The van der Waals surface area contributed by atoms with Crippen LogP contribution in [0.4, 0.5) is 0 Å². The first kappa shape index (κ1) is 13.5. The highest BCUT2D eigenvalue weighted by Crippen LogP contribution is 2.22. The molecule has 0 spiro atoms.